The maximum Gasteiger partial charge on any atom is 0.166 e. The van der Waals surface area contributed by atoms with Crippen molar-refractivity contribution in [2.24, 2.45) is 0 Å². The van der Waals surface area contributed by atoms with Crippen LogP contribution in [0, 0.1) is 0 Å². The van der Waals surface area contributed by atoms with Crippen molar-refractivity contribution < 1.29 is 14.3 Å². The molecule has 0 spiro atoms. The zero-order valence-electron chi connectivity index (χ0n) is 12.4. The summed E-state index contributed by atoms with van der Waals surface area (Å²) in [6.45, 7) is 0. The third-order valence-corrected chi connectivity index (χ3v) is 3.45. The number of rotatable bonds is 7. The fourth-order valence-electron chi connectivity index (χ4n) is 2.27. The lowest BCUT2D eigenvalue weighted by atomic mass is 10.00. The SMILES string of the molecule is COc1ccc(CCC(=O)C(OC)c2ccccc2)cc1. The second-order valence-electron chi connectivity index (χ2n) is 4.84. The largest absolute Gasteiger partial charge is 0.497 e. The Kier molecular flexibility index (Phi) is 5.52. The molecule has 0 saturated carbocycles. The van der Waals surface area contributed by atoms with Gasteiger partial charge in [0.15, 0.2) is 5.78 Å². The first kappa shape index (κ1) is 15.3. The second kappa shape index (κ2) is 7.60. The molecule has 0 aliphatic carbocycles. The minimum absolute atomic E-state index is 0.0968. The Morgan fingerprint density at radius 3 is 2.24 bits per heavy atom. The van der Waals surface area contributed by atoms with Gasteiger partial charge in [0.2, 0.25) is 0 Å². The smallest absolute Gasteiger partial charge is 0.166 e. The fourth-order valence-corrected chi connectivity index (χ4v) is 2.27. The first-order chi connectivity index (χ1) is 10.2. The third-order valence-electron chi connectivity index (χ3n) is 3.45. The van der Waals surface area contributed by atoms with E-state index in [0.717, 1.165) is 16.9 Å². The van der Waals surface area contributed by atoms with Crippen molar-refractivity contribution in [1.82, 2.24) is 0 Å². The third kappa shape index (κ3) is 4.17. The average molecular weight is 284 g/mol. The first-order valence-corrected chi connectivity index (χ1v) is 6.98. The van der Waals surface area contributed by atoms with E-state index in [9.17, 15) is 4.79 Å². The van der Waals surface area contributed by atoms with Gasteiger partial charge in [0, 0.05) is 13.5 Å². The van der Waals surface area contributed by atoms with Gasteiger partial charge in [-0.25, -0.2) is 0 Å². The Morgan fingerprint density at radius 2 is 1.67 bits per heavy atom. The van der Waals surface area contributed by atoms with Gasteiger partial charge in [-0.15, -0.1) is 0 Å². The van der Waals surface area contributed by atoms with Gasteiger partial charge in [-0.3, -0.25) is 4.79 Å². The molecular weight excluding hydrogens is 264 g/mol. The molecule has 3 nitrogen and oxygen atoms in total. The molecule has 0 saturated heterocycles. The number of methoxy groups -OCH3 is 2. The molecule has 1 unspecified atom stereocenters. The molecule has 3 heteroatoms. The van der Waals surface area contributed by atoms with Crippen LogP contribution in [0.15, 0.2) is 54.6 Å². The number of benzene rings is 2. The lowest BCUT2D eigenvalue weighted by Gasteiger charge is -2.14. The quantitative estimate of drug-likeness (QED) is 0.779. The highest BCUT2D eigenvalue weighted by Gasteiger charge is 2.19. The summed E-state index contributed by atoms with van der Waals surface area (Å²) in [5, 5.41) is 0. The Hall–Kier alpha value is -2.13. The molecule has 21 heavy (non-hydrogen) atoms. The highest BCUT2D eigenvalue weighted by molar-refractivity contribution is 5.84. The summed E-state index contributed by atoms with van der Waals surface area (Å²) in [5.74, 6) is 0.920. The molecule has 2 aromatic carbocycles. The lowest BCUT2D eigenvalue weighted by Crippen LogP contribution is -2.15. The van der Waals surface area contributed by atoms with Crippen LogP contribution in [0.3, 0.4) is 0 Å². The Balaban J connectivity index is 1.96. The van der Waals surface area contributed by atoms with Crippen LogP contribution in [-0.4, -0.2) is 20.0 Å². The van der Waals surface area contributed by atoms with Crippen molar-refractivity contribution >= 4 is 5.78 Å². The number of hydrogen-bond acceptors (Lipinski definition) is 3. The maximum atomic E-state index is 12.3. The van der Waals surface area contributed by atoms with Gasteiger partial charge >= 0.3 is 0 Å². The van der Waals surface area contributed by atoms with Crippen LogP contribution in [0.1, 0.15) is 23.7 Å². The number of Topliss-reactive ketones (excluding diaryl/α,β-unsaturated/α-hetero) is 1. The number of ether oxygens (including phenoxy) is 2. The van der Waals surface area contributed by atoms with E-state index in [1.165, 1.54) is 0 Å². The van der Waals surface area contributed by atoms with E-state index >= 15 is 0 Å². The van der Waals surface area contributed by atoms with Crippen molar-refractivity contribution in [3.63, 3.8) is 0 Å². The summed E-state index contributed by atoms with van der Waals surface area (Å²) >= 11 is 0. The van der Waals surface area contributed by atoms with Gasteiger partial charge in [-0.2, -0.15) is 0 Å². The van der Waals surface area contributed by atoms with Crippen molar-refractivity contribution in [1.29, 1.82) is 0 Å². The van der Waals surface area contributed by atoms with E-state index in [-0.39, 0.29) is 5.78 Å². The molecule has 0 bridgehead atoms. The van der Waals surface area contributed by atoms with E-state index in [0.29, 0.717) is 12.8 Å². The van der Waals surface area contributed by atoms with Crippen LogP contribution in [0.5, 0.6) is 5.75 Å². The van der Waals surface area contributed by atoms with Crippen LogP contribution in [0.4, 0.5) is 0 Å². The second-order valence-corrected chi connectivity index (χ2v) is 4.84. The van der Waals surface area contributed by atoms with Crippen molar-refractivity contribution in [3.05, 3.63) is 65.7 Å². The zero-order chi connectivity index (χ0) is 15.1. The first-order valence-electron chi connectivity index (χ1n) is 6.98. The Morgan fingerprint density at radius 1 is 1.00 bits per heavy atom. The van der Waals surface area contributed by atoms with E-state index in [2.05, 4.69) is 0 Å². The standard InChI is InChI=1S/C18H20O3/c1-20-16-11-8-14(9-12-16)10-13-17(19)18(21-2)15-6-4-3-5-7-15/h3-9,11-12,18H,10,13H2,1-2H3. The molecule has 0 heterocycles. The predicted octanol–water partition coefficient (Wildman–Crippen LogP) is 3.58. The molecule has 0 radical (unpaired) electrons. The molecule has 2 aromatic rings. The molecule has 0 N–H and O–H groups in total. The molecule has 0 aromatic heterocycles. The molecule has 0 amide bonds. The summed E-state index contributed by atoms with van der Waals surface area (Å²) in [4.78, 5) is 12.3. The normalized spacial score (nSPS) is 11.9. The minimum Gasteiger partial charge on any atom is -0.497 e. The van der Waals surface area contributed by atoms with Crippen LogP contribution >= 0.6 is 0 Å². The topological polar surface area (TPSA) is 35.5 Å². The van der Waals surface area contributed by atoms with E-state index in [1.54, 1.807) is 14.2 Å². The molecule has 1 atom stereocenters. The van der Waals surface area contributed by atoms with E-state index in [4.69, 9.17) is 9.47 Å². The number of ketones is 1. The Bertz CT molecular complexity index is 561. The molecule has 0 aliphatic rings. The van der Waals surface area contributed by atoms with Gasteiger partial charge in [-0.1, -0.05) is 42.5 Å². The highest BCUT2D eigenvalue weighted by Crippen LogP contribution is 2.20. The summed E-state index contributed by atoms with van der Waals surface area (Å²) in [6, 6.07) is 17.4. The minimum atomic E-state index is -0.482. The van der Waals surface area contributed by atoms with Gasteiger partial charge in [-0.05, 0) is 29.7 Å². The summed E-state index contributed by atoms with van der Waals surface area (Å²) in [6.07, 6.45) is 0.680. The molecule has 0 fully saturated rings. The maximum absolute atomic E-state index is 12.3. The lowest BCUT2D eigenvalue weighted by molar-refractivity contribution is -0.129. The summed E-state index contributed by atoms with van der Waals surface area (Å²) < 4.78 is 10.5. The summed E-state index contributed by atoms with van der Waals surface area (Å²) in [5.41, 5.74) is 2.02. The van der Waals surface area contributed by atoms with Gasteiger partial charge in [0.1, 0.15) is 11.9 Å². The van der Waals surface area contributed by atoms with Gasteiger partial charge in [0.05, 0.1) is 7.11 Å². The number of carbonyl (C=O) groups excluding carboxylic acids is 1. The van der Waals surface area contributed by atoms with E-state index in [1.807, 2.05) is 54.6 Å². The van der Waals surface area contributed by atoms with Crippen LogP contribution in [0.25, 0.3) is 0 Å². The molecule has 110 valence electrons. The monoisotopic (exact) mass is 284 g/mol. The van der Waals surface area contributed by atoms with Crippen molar-refractivity contribution in [3.8, 4) is 5.75 Å². The van der Waals surface area contributed by atoms with Crippen molar-refractivity contribution in [2.45, 2.75) is 18.9 Å². The highest BCUT2D eigenvalue weighted by atomic mass is 16.5. The fraction of sp³-hybridized carbons (Fsp3) is 0.278. The van der Waals surface area contributed by atoms with Crippen LogP contribution in [-0.2, 0) is 16.0 Å². The number of aryl methyl sites for hydroxylation is 1. The number of hydrogen-bond donors (Lipinski definition) is 0. The van der Waals surface area contributed by atoms with Gasteiger partial charge in [0.25, 0.3) is 0 Å². The van der Waals surface area contributed by atoms with Crippen LogP contribution in [0.2, 0.25) is 0 Å². The predicted molar refractivity (Wildman–Crippen MR) is 82.5 cm³/mol. The zero-order valence-corrected chi connectivity index (χ0v) is 12.4. The van der Waals surface area contributed by atoms with Crippen molar-refractivity contribution in [2.75, 3.05) is 14.2 Å². The molecular formula is C18H20O3. The van der Waals surface area contributed by atoms with Gasteiger partial charge < -0.3 is 9.47 Å². The number of carbonyl (C=O) groups is 1. The molecule has 2 rings (SSSR count). The average Bonchev–Trinajstić information content (AvgIpc) is 2.55. The molecule has 0 aliphatic heterocycles. The summed E-state index contributed by atoms with van der Waals surface area (Å²) in [7, 11) is 3.21. The van der Waals surface area contributed by atoms with E-state index < -0.39 is 6.10 Å². The Labute approximate surface area is 125 Å². The van der Waals surface area contributed by atoms with Crippen LogP contribution < -0.4 is 4.74 Å².